The van der Waals surface area contributed by atoms with Gasteiger partial charge in [-0.15, -0.1) is 0 Å². The molecule has 0 aromatic carbocycles. The average molecular weight is 407 g/mol. The summed E-state index contributed by atoms with van der Waals surface area (Å²) in [4.78, 5) is 15.8. The van der Waals surface area contributed by atoms with Crippen LogP contribution in [0.5, 0.6) is 0 Å². The molecular formula is C16H25BrClN3O2. The van der Waals surface area contributed by atoms with Crippen LogP contribution in [0.1, 0.15) is 34.6 Å². The third kappa shape index (κ3) is 7.88. The number of halogens is 2. The van der Waals surface area contributed by atoms with Gasteiger partial charge in [0.2, 0.25) is 0 Å². The van der Waals surface area contributed by atoms with Gasteiger partial charge in [0, 0.05) is 13.1 Å². The Morgan fingerprint density at radius 1 is 1.39 bits per heavy atom. The van der Waals surface area contributed by atoms with E-state index in [0.717, 1.165) is 10.2 Å². The van der Waals surface area contributed by atoms with Crippen molar-refractivity contribution in [2.45, 2.75) is 40.2 Å². The van der Waals surface area contributed by atoms with Gasteiger partial charge in [-0.05, 0) is 54.6 Å². The van der Waals surface area contributed by atoms with Crippen molar-refractivity contribution in [3.8, 4) is 0 Å². The standard InChI is InChI=1S/C16H25BrClN3O2/c1-10(2)11(8-21-15(22)23-16(3,4)5)7-19-12-6-13(17)14(18)20-9-12/h6,9-11,19H,7-8H2,1-5H3,(H,21,22). The van der Waals surface area contributed by atoms with Crippen molar-refractivity contribution >= 4 is 39.3 Å². The highest BCUT2D eigenvalue weighted by Crippen LogP contribution is 2.23. The zero-order valence-corrected chi connectivity index (χ0v) is 16.6. The number of nitrogens with one attached hydrogen (secondary N) is 2. The lowest BCUT2D eigenvalue weighted by atomic mass is 9.95. The van der Waals surface area contributed by atoms with Crippen molar-refractivity contribution in [3.05, 3.63) is 21.9 Å². The number of hydrogen-bond donors (Lipinski definition) is 2. The molecule has 0 aliphatic rings. The van der Waals surface area contributed by atoms with Crippen LogP contribution < -0.4 is 10.6 Å². The molecule has 1 rings (SSSR count). The van der Waals surface area contributed by atoms with E-state index in [0.29, 0.717) is 24.2 Å². The third-order valence-electron chi connectivity index (χ3n) is 3.21. The van der Waals surface area contributed by atoms with Crippen LogP contribution >= 0.6 is 27.5 Å². The smallest absolute Gasteiger partial charge is 0.407 e. The Balaban J connectivity index is 2.52. The zero-order chi connectivity index (χ0) is 17.6. The lowest BCUT2D eigenvalue weighted by molar-refractivity contribution is 0.0516. The number of aromatic nitrogens is 1. The second-order valence-electron chi connectivity index (χ2n) is 6.76. The van der Waals surface area contributed by atoms with E-state index in [2.05, 4.69) is 45.4 Å². The number of carbonyl (C=O) groups is 1. The highest BCUT2D eigenvalue weighted by atomic mass is 79.9. The average Bonchev–Trinajstić information content (AvgIpc) is 2.40. The number of ether oxygens (including phenoxy) is 1. The van der Waals surface area contributed by atoms with Crippen molar-refractivity contribution in [2.75, 3.05) is 18.4 Å². The molecule has 0 fully saturated rings. The molecule has 0 radical (unpaired) electrons. The van der Waals surface area contributed by atoms with Gasteiger partial charge in [0.15, 0.2) is 0 Å². The number of pyridine rings is 1. The Morgan fingerprint density at radius 3 is 2.57 bits per heavy atom. The largest absolute Gasteiger partial charge is 0.444 e. The van der Waals surface area contributed by atoms with E-state index in [1.807, 2.05) is 26.8 Å². The van der Waals surface area contributed by atoms with Crippen LogP contribution in [-0.4, -0.2) is 29.8 Å². The van der Waals surface area contributed by atoms with Gasteiger partial charge in [-0.3, -0.25) is 0 Å². The van der Waals surface area contributed by atoms with Crippen molar-refractivity contribution < 1.29 is 9.53 Å². The fraction of sp³-hybridized carbons (Fsp3) is 0.625. The van der Waals surface area contributed by atoms with E-state index in [9.17, 15) is 4.79 Å². The molecule has 1 heterocycles. The second kappa shape index (κ2) is 8.73. The molecule has 0 bridgehead atoms. The maximum absolute atomic E-state index is 11.8. The molecule has 1 aromatic rings. The summed E-state index contributed by atoms with van der Waals surface area (Å²) in [6.07, 6.45) is 1.30. The summed E-state index contributed by atoms with van der Waals surface area (Å²) in [5.41, 5.74) is 0.390. The fourth-order valence-corrected chi connectivity index (χ4v) is 2.29. The molecule has 130 valence electrons. The third-order valence-corrected chi connectivity index (χ3v) is 4.35. The zero-order valence-electron chi connectivity index (χ0n) is 14.2. The fourth-order valence-electron chi connectivity index (χ4n) is 1.84. The van der Waals surface area contributed by atoms with Crippen LogP contribution in [0.25, 0.3) is 0 Å². The van der Waals surface area contributed by atoms with Crippen LogP contribution in [0, 0.1) is 11.8 Å². The molecule has 5 nitrogen and oxygen atoms in total. The van der Waals surface area contributed by atoms with Crippen LogP contribution in [0.3, 0.4) is 0 Å². The lowest BCUT2D eigenvalue weighted by Crippen LogP contribution is -2.38. The number of amides is 1. The first kappa shape index (κ1) is 20.0. The monoisotopic (exact) mass is 405 g/mol. The van der Waals surface area contributed by atoms with Crippen molar-refractivity contribution in [1.29, 1.82) is 0 Å². The molecule has 0 saturated carbocycles. The molecule has 1 amide bonds. The van der Waals surface area contributed by atoms with E-state index in [1.165, 1.54) is 0 Å². The van der Waals surface area contributed by atoms with Gasteiger partial charge < -0.3 is 15.4 Å². The quantitative estimate of drug-likeness (QED) is 0.672. The van der Waals surface area contributed by atoms with Crippen LogP contribution in [0.4, 0.5) is 10.5 Å². The molecule has 0 aliphatic heterocycles. The first-order valence-electron chi connectivity index (χ1n) is 7.60. The van der Waals surface area contributed by atoms with Crippen molar-refractivity contribution in [3.63, 3.8) is 0 Å². The molecular weight excluding hydrogens is 382 g/mol. The summed E-state index contributed by atoms with van der Waals surface area (Å²) in [6, 6.07) is 1.88. The molecule has 7 heteroatoms. The second-order valence-corrected chi connectivity index (χ2v) is 7.98. The van der Waals surface area contributed by atoms with Crippen molar-refractivity contribution in [1.82, 2.24) is 10.3 Å². The van der Waals surface area contributed by atoms with E-state index in [4.69, 9.17) is 16.3 Å². The van der Waals surface area contributed by atoms with Crippen molar-refractivity contribution in [2.24, 2.45) is 11.8 Å². The van der Waals surface area contributed by atoms with Gasteiger partial charge in [0.25, 0.3) is 0 Å². The SMILES string of the molecule is CC(C)C(CNC(=O)OC(C)(C)C)CNc1cnc(Cl)c(Br)c1. The number of alkyl carbamates (subject to hydrolysis) is 1. The summed E-state index contributed by atoms with van der Waals surface area (Å²) < 4.78 is 6.01. The summed E-state index contributed by atoms with van der Waals surface area (Å²) in [5.74, 6) is 0.665. The Labute approximate surface area is 151 Å². The van der Waals surface area contributed by atoms with Crippen LogP contribution in [-0.2, 0) is 4.74 Å². The predicted molar refractivity (Wildman–Crippen MR) is 98.0 cm³/mol. The Kier molecular flexibility index (Phi) is 7.61. The molecule has 2 N–H and O–H groups in total. The van der Waals surface area contributed by atoms with Gasteiger partial charge in [0.05, 0.1) is 16.4 Å². The van der Waals surface area contributed by atoms with E-state index < -0.39 is 5.60 Å². The first-order valence-corrected chi connectivity index (χ1v) is 8.77. The van der Waals surface area contributed by atoms with Gasteiger partial charge in [-0.2, -0.15) is 0 Å². The lowest BCUT2D eigenvalue weighted by Gasteiger charge is -2.24. The predicted octanol–water partition coefficient (Wildman–Crippen LogP) is 4.71. The van der Waals surface area contributed by atoms with E-state index in [-0.39, 0.29) is 12.0 Å². The van der Waals surface area contributed by atoms with Gasteiger partial charge in [-0.25, -0.2) is 9.78 Å². The van der Waals surface area contributed by atoms with E-state index in [1.54, 1.807) is 6.20 Å². The number of rotatable bonds is 6. The molecule has 0 spiro atoms. The molecule has 23 heavy (non-hydrogen) atoms. The minimum absolute atomic E-state index is 0.261. The highest BCUT2D eigenvalue weighted by Gasteiger charge is 2.19. The maximum atomic E-state index is 11.8. The van der Waals surface area contributed by atoms with Crippen LogP contribution in [0.2, 0.25) is 5.15 Å². The number of hydrogen-bond acceptors (Lipinski definition) is 4. The van der Waals surface area contributed by atoms with Gasteiger partial charge >= 0.3 is 6.09 Å². The minimum Gasteiger partial charge on any atom is -0.444 e. The Morgan fingerprint density at radius 2 is 2.04 bits per heavy atom. The van der Waals surface area contributed by atoms with E-state index >= 15 is 0 Å². The molecule has 0 saturated heterocycles. The number of anilines is 1. The normalized spacial score (nSPS) is 12.9. The minimum atomic E-state index is -0.489. The summed E-state index contributed by atoms with van der Waals surface area (Å²) in [6.45, 7) is 11.0. The topological polar surface area (TPSA) is 63.2 Å². The summed E-state index contributed by atoms with van der Waals surface area (Å²) in [7, 11) is 0. The molecule has 1 unspecified atom stereocenters. The summed E-state index contributed by atoms with van der Waals surface area (Å²) >= 11 is 9.24. The molecule has 0 aliphatic carbocycles. The Bertz CT molecular complexity index is 533. The summed E-state index contributed by atoms with van der Waals surface area (Å²) in [5, 5.41) is 6.59. The number of carbonyl (C=O) groups excluding carboxylic acids is 1. The van der Waals surface area contributed by atoms with Crippen LogP contribution in [0.15, 0.2) is 16.7 Å². The number of nitrogens with zero attached hydrogens (tertiary/aromatic N) is 1. The maximum Gasteiger partial charge on any atom is 0.407 e. The highest BCUT2D eigenvalue weighted by molar-refractivity contribution is 9.10. The molecule has 1 aromatic heterocycles. The van der Waals surface area contributed by atoms with Gasteiger partial charge in [-0.1, -0.05) is 25.4 Å². The van der Waals surface area contributed by atoms with Gasteiger partial charge in [0.1, 0.15) is 10.8 Å². The molecule has 1 atom stereocenters. The first-order chi connectivity index (χ1) is 10.6. The Hall–Kier alpha value is -1.01.